The molecule has 2 aromatic rings. The second kappa shape index (κ2) is 8.67. The predicted molar refractivity (Wildman–Crippen MR) is 100 cm³/mol. The molecule has 0 atom stereocenters. The number of carbonyl (C=O) groups excluding carboxylic acids is 2. The number of anilines is 1. The van der Waals surface area contributed by atoms with Crippen LogP contribution in [0.2, 0.25) is 0 Å². The standard InChI is InChI=1S/C19H20BrNO4/c1-12(2)11-24-17-9-8-14(10-15(17)20)19(23)25-18-7-5-4-6-16(18)21-13(3)22/h4-10,12H,11H2,1-3H3,(H,21,22). The maximum Gasteiger partial charge on any atom is 0.343 e. The average Bonchev–Trinajstić information content (AvgIpc) is 2.54. The fourth-order valence-corrected chi connectivity index (χ4v) is 2.50. The van der Waals surface area contributed by atoms with E-state index in [1.165, 1.54) is 6.92 Å². The van der Waals surface area contributed by atoms with Gasteiger partial charge in [0.25, 0.3) is 0 Å². The normalized spacial score (nSPS) is 10.4. The highest BCUT2D eigenvalue weighted by atomic mass is 79.9. The zero-order valence-corrected chi connectivity index (χ0v) is 15.9. The lowest BCUT2D eigenvalue weighted by molar-refractivity contribution is -0.114. The first-order valence-electron chi connectivity index (χ1n) is 7.88. The summed E-state index contributed by atoms with van der Waals surface area (Å²) >= 11 is 3.41. The SMILES string of the molecule is CC(=O)Nc1ccccc1OC(=O)c1ccc(OCC(C)C)c(Br)c1. The minimum atomic E-state index is -0.520. The zero-order chi connectivity index (χ0) is 18.4. The second-order valence-electron chi connectivity index (χ2n) is 5.92. The number of rotatable bonds is 6. The van der Waals surface area contributed by atoms with Gasteiger partial charge in [0, 0.05) is 6.92 Å². The lowest BCUT2D eigenvalue weighted by atomic mass is 10.2. The second-order valence-corrected chi connectivity index (χ2v) is 6.77. The number of ether oxygens (including phenoxy) is 2. The molecule has 0 heterocycles. The van der Waals surface area contributed by atoms with E-state index in [1.807, 2.05) is 0 Å². The third kappa shape index (κ3) is 5.60. The van der Waals surface area contributed by atoms with Crippen molar-refractivity contribution in [2.24, 2.45) is 5.92 Å². The van der Waals surface area contributed by atoms with Crippen molar-refractivity contribution in [2.75, 3.05) is 11.9 Å². The molecule has 0 aromatic heterocycles. The summed E-state index contributed by atoms with van der Waals surface area (Å²) in [6.45, 7) is 6.11. The topological polar surface area (TPSA) is 64.6 Å². The van der Waals surface area contributed by atoms with Gasteiger partial charge in [0.05, 0.1) is 22.3 Å². The van der Waals surface area contributed by atoms with Gasteiger partial charge in [0.1, 0.15) is 5.75 Å². The third-order valence-corrected chi connectivity index (χ3v) is 3.76. The Morgan fingerprint density at radius 3 is 2.48 bits per heavy atom. The first-order chi connectivity index (χ1) is 11.9. The van der Waals surface area contributed by atoms with Crippen molar-refractivity contribution in [3.05, 3.63) is 52.5 Å². The summed E-state index contributed by atoms with van der Waals surface area (Å²) < 4.78 is 11.8. The van der Waals surface area contributed by atoms with Crippen LogP contribution in [0.4, 0.5) is 5.69 Å². The minimum Gasteiger partial charge on any atom is -0.492 e. The van der Waals surface area contributed by atoms with Gasteiger partial charge in [-0.05, 0) is 52.2 Å². The minimum absolute atomic E-state index is 0.238. The molecule has 5 nitrogen and oxygen atoms in total. The van der Waals surface area contributed by atoms with E-state index in [4.69, 9.17) is 9.47 Å². The Morgan fingerprint density at radius 2 is 1.84 bits per heavy atom. The zero-order valence-electron chi connectivity index (χ0n) is 14.3. The van der Waals surface area contributed by atoms with E-state index in [9.17, 15) is 9.59 Å². The van der Waals surface area contributed by atoms with E-state index in [2.05, 4.69) is 35.1 Å². The average molecular weight is 406 g/mol. The maximum absolute atomic E-state index is 12.4. The monoisotopic (exact) mass is 405 g/mol. The van der Waals surface area contributed by atoms with Crippen LogP contribution in [0, 0.1) is 5.92 Å². The largest absolute Gasteiger partial charge is 0.492 e. The summed E-state index contributed by atoms with van der Waals surface area (Å²) in [7, 11) is 0. The molecular formula is C19H20BrNO4. The van der Waals surface area contributed by atoms with Crippen LogP contribution in [0.3, 0.4) is 0 Å². The molecule has 0 radical (unpaired) electrons. The van der Waals surface area contributed by atoms with Crippen LogP contribution >= 0.6 is 15.9 Å². The van der Waals surface area contributed by atoms with E-state index in [-0.39, 0.29) is 5.91 Å². The van der Waals surface area contributed by atoms with Gasteiger partial charge >= 0.3 is 5.97 Å². The summed E-state index contributed by atoms with van der Waals surface area (Å²) in [5.74, 6) is 0.608. The van der Waals surface area contributed by atoms with Crippen molar-refractivity contribution in [1.29, 1.82) is 0 Å². The summed E-state index contributed by atoms with van der Waals surface area (Å²) in [6, 6.07) is 11.8. The summed E-state index contributed by atoms with van der Waals surface area (Å²) in [5.41, 5.74) is 0.820. The van der Waals surface area contributed by atoms with Gasteiger partial charge in [-0.1, -0.05) is 26.0 Å². The fraction of sp³-hybridized carbons (Fsp3) is 0.263. The van der Waals surface area contributed by atoms with Crippen LogP contribution in [0.25, 0.3) is 0 Å². The summed E-state index contributed by atoms with van der Waals surface area (Å²) in [5, 5.41) is 2.63. The van der Waals surface area contributed by atoms with Crippen LogP contribution in [-0.2, 0) is 4.79 Å². The van der Waals surface area contributed by atoms with E-state index in [1.54, 1.807) is 42.5 Å². The van der Waals surface area contributed by atoms with Gasteiger partial charge in [0.2, 0.25) is 5.91 Å². The molecule has 2 rings (SSSR count). The molecule has 6 heteroatoms. The van der Waals surface area contributed by atoms with Crippen molar-refractivity contribution >= 4 is 33.5 Å². The first kappa shape index (κ1) is 19.0. The summed E-state index contributed by atoms with van der Waals surface area (Å²) in [6.07, 6.45) is 0. The molecule has 0 aliphatic heterocycles. The highest BCUT2D eigenvalue weighted by molar-refractivity contribution is 9.10. The number of amides is 1. The van der Waals surface area contributed by atoms with Crippen LogP contribution in [0.1, 0.15) is 31.1 Å². The first-order valence-corrected chi connectivity index (χ1v) is 8.67. The molecule has 0 saturated heterocycles. The molecule has 0 saturated carbocycles. The van der Waals surface area contributed by atoms with Gasteiger partial charge in [-0.25, -0.2) is 4.79 Å². The van der Waals surface area contributed by atoms with Gasteiger partial charge in [-0.2, -0.15) is 0 Å². The molecule has 0 bridgehead atoms. The van der Waals surface area contributed by atoms with Crippen molar-refractivity contribution in [2.45, 2.75) is 20.8 Å². The van der Waals surface area contributed by atoms with Crippen LogP contribution < -0.4 is 14.8 Å². The quantitative estimate of drug-likeness (QED) is 0.560. The number of hydrogen-bond donors (Lipinski definition) is 1. The van der Waals surface area contributed by atoms with Crippen molar-refractivity contribution in [1.82, 2.24) is 0 Å². The molecule has 0 unspecified atom stereocenters. The van der Waals surface area contributed by atoms with Crippen molar-refractivity contribution in [3.8, 4) is 11.5 Å². The lowest BCUT2D eigenvalue weighted by Crippen LogP contribution is -2.12. The van der Waals surface area contributed by atoms with Crippen LogP contribution in [-0.4, -0.2) is 18.5 Å². The Kier molecular flexibility index (Phi) is 6.58. The number of nitrogens with one attached hydrogen (secondary N) is 1. The van der Waals surface area contributed by atoms with E-state index in [0.29, 0.717) is 39.7 Å². The molecule has 1 amide bonds. The third-order valence-electron chi connectivity index (χ3n) is 3.14. The van der Waals surface area contributed by atoms with Crippen molar-refractivity contribution < 1.29 is 19.1 Å². The molecule has 25 heavy (non-hydrogen) atoms. The Bertz CT molecular complexity index is 774. The highest BCUT2D eigenvalue weighted by Gasteiger charge is 2.14. The molecular weight excluding hydrogens is 386 g/mol. The van der Waals surface area contributed by atoms with E-state index < -0.39 is 5.97 Å². The molecule has 0 aliphatic carbocycles. The Hall–Kier alpha value is -2.34. The van der Waals surface area contributed by atoms with Crippen LogP contribution in [0.5, 0.6) is 11.5 Å². The molecule has 0 spiro atoms. The molecule has 1 N–H and O–H groups in total. The van der Waals surface area contributed by atoms with Crippen LogP contribution in [0.15, 0.2) is 46.9 Å². The Morgan fingerprint density at radius 1 is 1.12 bits per heavy atom. The fourth-order valence-electron chi connectivity index (χ4n) is 2.01. The molecule has 132 valence electrons. The van der Waals surface area contributed by atoms with Crippen molar-refractivity contribution in [3.63, 3.8) is 0 Å². The smallest absolute Gasteiger partial charge is 0.343 e. The number of halogens is 1. The van der Waals surface area contributed by atoms with Gasteiger partial charge < -0.3 is 14.8 Å². The Balaban J connectivity index is 2.14. The van der Waals surface area contributed by atoms with Gasteiger partial charge in [-0.3, -0.25) is 4.79 Å². The van der Waals surface area contributed by atoms with Gasteiger partial charge in [-0.15, -0.1) is 0 Å². The van der Waals surface area contributed by atoms with Gasteiger partial charge in [0.15, 0.2) is 5.75 Å². The Labute approximate surface area is 155 Å². The number of hydrogen-bond acceptors (Lipinski definition) is 4. The molecule has 0 aliphatic rings. The summed E-state index contributed by atoms with van der Waals surface area (Å²) in [4.78, 5) is 23.6. The number of para-hydroxylation sites is 2. The molecule has 0 fully saturated rings. The number of carbonyl (C=O) groups is 2. The molecule has 2 aromatic carbocycles. The highest BCUT2D eigenvalue weighted by Crippen LogP contribution is 2.28. The predicted octanol–water partition coefficient (Wildman–Crippen LogP) is 4.66. The number of benzene rings is 2. The van der Waals surface area contributed by atoms with E-state index in [0.717, 1.165) is 0 Å². The maximum atomic E-state index is 12.4. The van der Waals surface area contributed by atoms with E-state index >= 15 is 0 Å². The number of esters is 1. The lowest BCUT2D eigenvalue weighted by Gasteiger charge is -2.12.